The van der Waals surface area contributed by atoms with Crippen molar-refractivity contribution in [3.05, 3.63) is 97.2 Å². The zero-order valence-corrected chi connectivity index (χ0v) is 54.2. The van der Waals surface area contributed by atoms with Crippen LogP contribution in [0.4, 0.5) is 0 Å². The van der Waals surface area contributed by atoms with Gasteiger partial charge in [0.1, 0.15) is 13.2 Å². The molecule has 0 radical (unpaired) electrons. The van der Waals surface area contributed by atoms with E-state index < -0.39 is 6.10 Å². The van der Waals surface area contributed by atoms with Crippen molar-refractivity contribution in [2.45, 2.75) is 354 Å². The van der Waals surface area contributed by atoms with Crippen LogP contribution in [0.25, 0.3) is 0 Å². The van der Waals surface area contributed by atoms with Gasteiger partial charge in [-0.25, -0.2) is 0 Å². The van der Waals surface area contributed by atoms with Crippen molar-refractivity contribution in [1.29, 1.82) is 0 Å². The first-order chi connectivity index (χ1) is 40.5. The standard InChI is InChI=1S/C76H132O6/c1-4-7-10-13-16-19-22-24-26-28-30-32-34-36-38-40-42-44-46-48-50-52-54-57-60-63-66-69-75(78)81-72-73(71-80-74(77)68-65-62-59-56-21-18-15-12-9-6-3)82-76(79)70-67-64-61-58-55-53-51-49-47-45-43-41-39-37-35-33-31-29-27-25-23-20-17-14-11-8-5-2/h7,10,12,15-16,19,24,26,29-32,36,38,42,44,73H,4-6,8-9,11,13-14,17-18,20-23,25,27-28,33-35,37,39-41,43,45-72H2,1-3H3/b10-7-,15-12-,19-16-,26-24-,31-29-,32-30-,38-36-,44-42-. The zero-order valence-electron chi connectivity index (χ0n) is 54.2. The Hall–Kier alpha value is -3.67. The number of ether oxygens (including phenoxy) is 3. The summed E-state index contributed by atoms with van der Waals surface area (Å²) < 4.78 is 16.9. The van der Waals surface area contributed by atoms with E-state index in [0.717, 1.165) is 116 Å². The zero-order chi connectivity index (χ0) is 59.2. The van der Waals surface area contributed by atoms with E-state index in [-0.39, 0.29) is 31.1 Å². The molecule has 0 aliphatic rings. The fourth-order valence-corrected chi connectivity index (χ4v) is 10.0. The Bertz CT molecular complexity index is 1590. The Balaban J connectivity index is 4.21. The summed E-state index contributed by atoms with van der Waals surface area (Å²) in [5.74, 6) is -0.887. The number of hydrogen-bond donors (Lipinski definition) is 0. The number of carbonyl (C=O) groups is 3. The average Bonchev–Trinajstić information content (AvgIpc) is 3.48. The molecule has 1 atom stereocenters. The predicted molar refractivity (Wildman–Crippen MR) is 357 cm³/mol. The highest BCUT2D eigenvalue weighted by molar-refractivity contribution is 5.71. The first-order valence-corrected chi connectivity index (χ1v) is 35.2. The van der Waals surface area contributed by atoms with E-state index in [9.17, 15) is 14.4 Å². The third kappa shape index (κ3) is 67.1. The quantitative estimate of drug-likeness (QED) is 0.0261. The summed E-state index contributed by atoms with van der Waals surface area (Å²) in [6, 6.07) is 0. The number of carbonyl (C=O) groups excluding carboxylic acids is 3. The summed E-state index contributed by atoms with van der Waals surface area (Å²) in [6.07, 6.45) is 94.5. The smallest absolute Gasteiger partial charge is 0.306 e. The third-order valence-electron chi connectivity index (χ3n) is 15.3. The van der Waals surface area contributed by atoms with Crippen LogP contribution in [0.2, 0.25) is 0 Å². The largest absolute Gasteiger partial charge is 0.462 e. The van der Waals surface area contributed by atoms with Crippen molar-refractivity contribution in [2.75, 3.05) is 13.2 Å². The van der Waals surface area contributed by atoms with Crippen molar-refractivity contribution >= 4 is 17.9 Å². The minimum absolute atomic E-state index is 0.0825. The van der Waals surface area contributed by atoms with E-state index in [4.69, 9.17) is 14.2 Å². The summed E-state index contributed by atoms with van der Waals surface area (Å²) in [6.45, 7) is 6.49. The fraction of sp³-hybridized carbons (Fsp3) is 0.750. The second-order valence-corrected chi connectivity index (χ2v) is 23.4. The van der Waals surface area contributed by atoms with Crippen LogP contribution >= 0.6 is 0 Å². The number of allylic oxidation sites excluding steroid dienone is 16. The lowest BCUT2D eigenvalue weighted by atomic mass is 10.0. The molecule has 0 aromatic carbocycles. The second-order valence-electron chi connectivity index (χ2n) is 23.4. The van der Waals surface area contributed by atoms with Crippen LogP contribution < -0.4 is 0 Å². The number of esters is 3. The van der Waals surface area contributed by atoms with Crippen LogP contribution in [0.5, 0.6) is 0 Å². The summed E-state index contributed by atoms with van der Waals surface area (Å²) in [5, 5.41) is 0. The molecule has 0 amide bonds. The van der Waals surface area contributed by atoms with Gasteiger partial charge in [-0.1, -0.05) is 311 Å². The molecule has 6 nitrogen and oxygen atoms in total. The molecule has 0 aromatic heterocycles. The normalized spacial score (nSPS) is 12.7. The van der Waals surface area contributed by atoms with Crippen LogP contribution in [0.15, 0.2) is 97.2 Å². The van der Waals surface area contributed by atoms with Crippen molar-refractivity contribution in [2.24, 2.45) is 0 Å². The van der Waals surface area contributed by atoms with Gasteiger partial charge >= 0.3 is 17.9 Å². The van der Waals surface area contributed by atoms with E-state index >= 15 is 0 Å². The van der Waals surface area contributed by atoms with E-state index in [1.807, 2.05) is 0 Å². The van der Waals surface area contributed by atoms with Gasteiger partial charge < -0.3 is 14.2 Å². The fourth-order valence-electron chi connectivity index (χ4n) is 10.0. The van der Waals surface area contributed by atoms with Crippen molar-refractivity contribution in [3.63, 3.8) is 0 Å². The Morgan fingerprint density at radius 3 is 0.805 bits per heavy atom. The monoisotopic (exact) mass is 1140 g/mol. The average molecular weight is 1140 g/mol. The van der Waals surface area contributed by atoms with Gasteiger partial charge in [-0.2, -0.15) is 0 Å². The lowest BCUT2D eigenvalue weighted by molar-refractivity contribution is -0.167. The molecule has 0 spiro atoms. The Kier molecular flexibility index (Phi) is 66.7. The molecule has 0 heterocycles. The maximum Gasteiger partial charge on any atom is 0.306 e. The Morgan fingerprint density at radius 1 is 0.256 bits per heavy atom. The molecule has 6 heteroatoms. The van der Waals surface area contributed by atoms with Gasteiger partial charge in [-0.05, 0) is 116 Å². The second kappa shape index (κ2) is 69.8. The molecule has 0 aliphatic carbocycles. The van der Waals surface area contributed by atoms with Gasteiger partial charge in [0.05, 0.1) is 0 Å². The predicted octanol–water partition coefficient (Wildman–Crippen LogP) is 24.4. The van der Waals surface area contributed by atoms with E-state index in [1.165, 1.54) is 193 Å². The maximum atomic E-state index is 12.9. The molecule has 0 rings (SSSR count). The Labute approximate surface area is 508 Å². The molecule has 82 heavy (non-hydrogen) atoms. The highest BCUT2D eigenvalue weighted by Gasteiger charge is 2.19. The minimum Gasteiger partial charge on any atom is -0.462 e. The number of unbranched alkanes of at least 4 members (excludes halogenated alkanes) is 37. The first kappa shape index (κ1) is 78.3. The van der Waals surface area contributed by atoms with Crippen LogP contribution in [0, 0.1) is 0 Å². The third-order valence-corrected chi connectivity index (χ3v) is 15.3. The van der Waals surface area contributed by atoms with Gasteiger partial charge in [0.15, 0.2) is 6.10 Å². The van der Waals surface area contributed by atoms with Gasteiger partial charge in [0.2, 0.25) is 0 Å². The van der Waals surface area contributed by atoms with Crippen LogP contribution in [-0.2, 0) is 28.6 Å². The molecule has 0 saturated heterocycles. The van der Waals surface area contributed by atoms with Crippen molar-refractivity contribution < 1.29 is 28.6 Å². The van der Waals surface area contributed by atoms with Crippen molar-refractivity contribution in [3.8, 4) is 0 Å². The highest BCUT2D eigenvalue weighted by Crippen LogP contribution is 2.17. The van der Waals surface area contributed by atoms with E-state index in [2.05, 4.69) is 118 Å². The molecule has 1 unspecified atom stereocenters. The lowest BCUT2D eigenvalue weighted by Gasteiger charge is -2.18. The SMILES string of the molecule is CC/C=C\C/C=C\C/C=C\C/C=C\C/C=C\C/C=C\CCCCCCCCCCC(=O)OCC(COC(=O)CCCCCCC/C=C\CCC)OC(=O)CCCCCCCCCCCCCCCCC/C=C\CCCCCCCCCC. The molecular formula is C76H132O6. The highest BCUT2D eigenvalue weighted by atomic mass is 16.6. The van der Waals surface area contributed by atoms with Crippen LogP contribution in [-0.4, -0.2) is 37.2 Å². The van der Waals surface area contributed by atoms with Crippen LogP contribution in [0.3, 0.4) is 0 Å². The van der Waals surface area contributed by atoms with E-state index in [1.54, 1.807) is 0 Å². The van der Waals surface area contributed by atoms with E-state index in [0.29, 0.717) is 19.3 Å². The summed E-state index contributed by atoms with van der Waals surface area (Å²) in [4.78, 5) is 38.3. The topological polar surface area (TPSA) is 78.9 Å². The molecular weight excluding hydrogens is 1010 g/mol. The summed E-state index contributed by atoms with van der Waals surface area (Å²) >= 11 is 0. The molecule has 0 saturated carbocycles. The van der Waals surface area contributed by atoms with Gasteiger partial charge in [-0.15, -0.1) is 0 Å². The molecule has 0 aromatic rings. The number of hydrogen-bond acceptors (Lipinski definition) is 6. The van der Waals surface area contributed by atoms with Crippen molar-refractivity contribution in [1.82, 2.24) is 0 Å². The minimum atomic E-state index is -0.785. The van der Waals surface area contributed by atoms with Gasteiger partial charge in [0.25, 0.3) is 0 Å². The molecule has 0 N–H and O–H groups in total. The molecule has 0 aliphatic heterocycles. The molecule has 472 valence electrons. The van der Waals surface area contributed by atoms with Gasteiger partial charge in [-0.3, -0.25) is 14.4 Å². The lowest BCUT2D eigenvalue weighted by Crippen LogP contribution is -2.30. The first-order valence-electron chi connectivity index (χ1n) is 35.2. The van der Waals surface area contributed by atoms with Gasteiger partial charge in [0, 0.05) is 19.3 Å². The molecule has 0 fully saturated rings. The maximum absolute atomic E-state index is 12.9. The summed E-state index contributed by atoms with van der Waals surface area (Å²) in [5.41, 5.74) is 0. The van der Waals surface area contributed by atoms with Crippen LogP contribution in [0.1, 0.15) is 348 Å². The Morgan fingerprint density at radius 2 is 0.500 bits per heavy atom. The number of rotatable bonds is 64. The molecule has 0 bridgehead atoms. The summed E-state index contributed by atoms with van der Waals surface area (Å²) in [7, 11) is 0.